The summed E-state index contributed by atoms with van der Waals surface area (Å²) in [5, 5.41) is 3.34. The van der Waals surface area contributed by atoms with E-state index in [1.54, 1.807) is 13.8 Å². The molecule has 0 N–H and O–H groups in total. The van der Waals surface area contributed by atoms with Crippen molar-refractivity contribution in [3.05, 3.63) is 60.1 Å². The zero-order valence-electron chi connectivity index (χ0n) is 20.0. The largest absolute Gasteiger partial charge is 0.492 e. The van der Waals surface area contributed by atoms with Gasteiger partial charge in [0.15, 0.2) is 5.82 Å². The summed E-state index contributed by atoms with van der Waals surface area (Å²) in [6.07, 6.45) is 2.77. The van der Waals surface area contributed by atoms with Crippen molar-refractivity contribution in [1.29, 1.82) is 0 Å². The van der Waals surface area contributed by atoms with E-state index in [9.17, 15) is 9.59 Å². The number of thiophene rings is 1. The van der Waals surface area contributed by atoms with E-state index in [0.717, 1.165) is 43.5 Å². The summed E-state index contributed by atoms with van der Waals surface area (Å²) in [7, 11) is 4.02. The molecule has 0 atom stereocenters. The number of rotatable bonds is 8. The molecule has 0 radical (unpaired) electrons. The first-order valence-electron chi connectivity index (χ1n) is 10.8. The highest BCUT2D eigenvalue weighted by Crippen LogP contribution is 2.42. The van der Waals surface area contributed by atoms with Gasteiger partial charge in [0.05, 0.1) is 5.39 Å². The molecular formula is C25H27N5O3S. The number of aromatic nitrogens is 2. The normalized spacial score (nSPS) is 13.7. The summed E-state index contributed by atoms with van der Waals surface area (Å²) in [4.78, 5) is 38.1. The van der Waals surface area contributed by atoms with Crippen LogP contribution >= 0.6 is 11.3 Å². The van der Waals surface area contributed by atoms with Crippen LogP contribution in [0.4, 0.5) is 5.82 Å². The van der Waals surface area contributed by atoms with Gasteiger partial charge in [0.2, 0.25) is 0 Å². The van der Waals surface area contributed by atoms with Crippen LogP contribution < -0.4 is 9.75 Å². The Morgan fingerprint density at radius 3 is 2.44 bits per heavy atom. The minimum absolute atomic E-state index is 0.372. The van der Waals surface area contributed by atoms with Crippen LogP contribution in [0.3, 0.4) is 0 Å². The van der Waals surface area contributed by atoms with Gasteiger partial charge in [-0.25, -0.2) is 15.0 Å². The number of hydrazine groups is 1. The van der Waals surface area contributed by atoms with Gasteiger partial charge in [-0.2, -0.15) is 5.01 Å². The van der Waals surface area contributed by atoms with Gasteiger partial charge in [0, 0.05) is 28.8 Å². The predicted molar refractivity (Wildman–Crippen MR) is 135 cm³/mol. The lowest BCUT2D eigenvalue weighted by atomic mass is 10.1. The third-order valence-electron chi connectivity index (χ3n) is 5.47. The quantitative estimate of drug-likeness (QED) is 0.451. The van der Waals surface area contributed by atoms with Crippen molar-refractivity contribution in [3.8, 4) is 16.2 Å². The first kappa shape index (κ1) is 23.6. The molecule has 1 aliphatic rings. The van der Waals surface area contributed by atoms with E-state index in [0.29, 0.717) is 23.7 Å². The lowest BCUT2D eigenvalue weighted by molar-refractivity contribution is -0.137. The molecule has 2 aromatic heterocycles. The number of hydrogen-bond donors (Lipinski definition) is 0. The van der Waals surface area contributed by atoms with Crippen LogP contribution in [-0.4, -0.2) is 58.9 Å². The number of imide groups is 1. The Balaban J connectivity index is 1.72. The molecule has 0 fully saturated rings. The summed E-state index contributed by atoms with van der Waals surface area (Å²) in [5.41, 5.74) is 2.86. The molecule has 8 nitrogen and oxygen atoms in total. The minimum atomic E-state index is -0.421. The highest BCUT2D eigenvalue weighted by Gasteiger charge is 2.36. The molecular weight excluding hydrogens is 450 g/mol. The van der Waals surface area contributed by atoms with Crippen molar-refractivity contribution in [3.63, 3.8) is 0 Å². The smallest absolute Gasteiger partial charge is 0.276 e. The summed E-state index contributed by atoms with van der Waals surface area (Å²) >= 11 is 1.54. The average molecular weight is 478 g/mol. The number of amides is 2. The molecule has 34 heavy (non-hydrogen) atoms. The molecule has 9 heteroatoms. The van der Waals surface area contributed by atoms with Crippen LogP contribution in [0, 0.1) is 6.92 Å². The van der Waals surface area contributed by atoms with Crippen LogP contribution in [0.5, 0.6) is 5.75 Å². The Morgan fingerprint density at radius 2 is 1.85 bits per heavy atom. The maximum Gasteiger partial charge on any atom is 0.276 e. The molecule has 1 aliphatic heterocycles. The van der Waals surface area contributed by atoms with E-state index in [1.807, 2.05) is 45.3 Å². The monoisotopic (exact) mass is 477 g/mol. The zero-order valence-corrected chi connectivity index (χ0v) is 20.8. The van der Waals surface area contributed by atoms with Gasteiger partial charge in [-0.3, -0.25) is 9.59 Å². The number of carbonyl (C=O) groups excluding carboxylic acids is 2. The number of allylic oxidation sites excluding steroid dienone is 1. The first-order valence-corrected chi connectivity index (χ1v) is 11.6. The van der Waals surface area contributed by atoms with Crippen molar-refractivity contribution in [1.82, 2.24) is 19.9 Å². The van der Waals surface area contributed by atoms with E-state index in [4.69, 9.17) is 4.74 Å². The molecule has 0 aliphatic carbocycles. The number of ether oxygens (including phenoxy) is 1. The van der Waals surface area contributed by atoms with Gasteiger partial charge in [-0.15, -0.1) is 11.3 Å². The number of anilines is 1. The Kier molecular flexibility index (Phi) is 6.49. The second-order valence-electron chi connectivity index (χ2n) is 8.44. The van der Waals surface area contributed by atoms with Gasteiger partial charge < -0.3 is 9.64 Å². The number of fused-ring (bicyclic) bond motifs is 1. The van der Waals surface area contributed by atoms with Crippen molar-refractivity contribution in [2.24, 2.45) is 0 Å². The Bertz CT molecular complexity index is 1310. The third kappa shape index (κ3) is 4.32. The van der Waals surface area contributed by atoms with Gasteiger partial charge >= 0.3 is 0 Å². The molecule has 2 amide bonds. The fourth-order valence-electron chi connectivity index (χ4n) is 3.75. The SMILES string of the molecule is C=C(C)N(c1ncnc2sc(-c3ccc(OCCN(C)C)cc3)c(C)c12)N1C(=O)C=C(C)C1=O. The Labute approximate surface area is 202 Å². The number of likely N-dealkylation sites (N-methyl/N-ethyl adjacent to an activating group) is 1. The van der Waals surface area contributed by atoms with Crippen LogP contribution in [-0.2, 0) is 9.59 Å². The second-order valence-corrected chi connectivity index (χ2v) is 9.44. The predicted octanol–water partition coefficient (Wildman–Crippen LogP) is 4.18. The van der Waals surface area contributed by atoms with Crippen molar-refractivity contribution in [2.45, 2.75) is 20.8 Å². The summed E-state index contributed by atoms with van der Waals surface area (Å²) in [6, 6.07) is 7.95. The molecule has 4 rings (SSSR count). The van der Waals surface area contributed by atoms with Gasteiger partial charge in [-0.05, 0) is 70.3 Å². The topological polar surface area (TPSA) is 78.9 Å². The minimum Gasteiger partial charge on any atom is -0.492 e. The number of hydrogen-bond acceptors (Lipinski definition) is 8. The average Bonchev–Trinajstić information content (AvgIpc) is 3.25. The van der Waals surface area contributed by atoms with Crippen molar-refractivity contribution in [2.75, 3.05) is 32.3 Å². The van der Waals surface area contributed by atoms with E-state index in [-0.39, 0.29) is 0 Å². The van der Waals surface area contributed by atoms with E-state index in [1.165, 1.54) is 28.7 Å². The molecule has 0 saturated carbocycles. The van der Waals surface area contributed by atoms with E-state index in [2.05, 4.69) is 21.4 Å². The lowest BCUT2D eigenvalue weighted by Crippen LogP contribution is -2.46. The number of carbonyl (C=O) groups is 2. The molecule has 3 aromatic rings. The van der Waals surface area contributed by atoms with E-state index < -0.39 is 11.8 Å². The maximum atomic E-state index is 12.7. The molecule has 3 heterocycles. The molecule has 0 saturated heterocycles. The summed E-state index contributed by atoms with van der Waals surface area (Å²) in [5.74, 6) is 0.450. The van der Waals surface area contributed by atoms with E-state index >= 15 is 0 Å². The van der Waals surface area contributed by atoms with Gasteiger partial charge in [0.1, 0.15) is 23.5 Å². The van der Waals surface area contributed by atoms with Crippen LogP contribution in [0.25, 0.3) is 20.7 Å². The fraction of sp³-hybridized carbons (Fsp3) is 0.280. The molecule has 176 valence electrons. The molecule has 0 unspecified atom stereocenters. The Morgan fingerprint density at radius 1 is 1.15 bits per heavy atom. The summed E-state index contributed by atoms with van der Waals surface area (Å²) in [6.45, 7) is 10.8. The third-order valence-corrected chi connectivity index (χ3v) is 6.72. The van der Waals surface area contributed by atoms with Crippen LogP contribution in [0.1, 0.15) is 19.4 Å². The molecule has 1 aromatic carbocycles. The zero-order chi connectivity index (χ0) is 24.6. The number of nitrogens with zero attached hydrogens (tertiary/aromatic N) is 5. The van der Waals surface area contributed by atoms with Crippen molar-refractivity contribution < 1.29 is 14.3 Å². The first-order chi connectivity index (χ1) is 16.2. The standard InChI is InChI=1S/C25H27N5O3S/c1-15(2)29(30-20(31)13-16(3)25(30)32)23-21-17(4)22(34-24(21)27-14-26-23)18-7-9-19(10-8-18)33-12-11-28(5)6/h7-10,13-14H,1,11-12H2,2-6H3. The highest BCUT2D eigenvalue weighted by atomic mass is 32.1. The highest BCUT2D eigenvalue weighted by molar-refractivity contribution is 7.22. The maximum absolute atomic E-state index is 12.7. The summed E-state index contributed by atoms with van der Waals surface area (Å²) < 4.78 is 5.81. The van der Waals surface area contributed by atoms with Gasteiger partial charge in [0.25, 0.3) is 11.8 Å². The molecule has 0 spiro atoms. The second kappa shape index (κ2) is 9.36. The Hall–Kier alpha value is -3.56. The van der Waals surface area contributed by atoms with Crippen LogP contribution in [0.15, 0.2) is 54.5 Å². The lowest BCUT2D eigenvalue weighted by Gasteiger charge is -2.31. The molecule has 0 bridgehead atoms. The fourth-order valence-corrected chi connectivity index (χ4v) is 4.90. The van der Waals surface area contributed by atoms with Crippen molar-refractivity contribution >= 4 is 39.2 Å². The number of aryl methyl sites for hydroxylation is 1. The van der Waals surface area contributed by atoms with Gasteiger partial charge in [-0.1, -0.05) is 6.58 Å². The van der Waals surface area contributed by atoms with Crippen LogP contribution in [0.2, 0.25) is 0 Å². The number of benzene rings is 1.